The summed E-state index contributed by atoms with van der Waals surface area (Å²) in [5, 5.41) is 0. The van der Waals surface area contributed by atoms with E-state index in [0.29, 0.717) is 36.7 Å². The van der Waals surface area contributed by atoms with E-state index in [1.165, 1.54) is 0 Å². The van der Waals surface area contributed by atoms with Crippen LogP contribution in [0.15, 0.2) is 78.9 Å². The van der Waals surface area contributed by atoms with Gasteiger partial charge in [0.05, 0.1) is 20.1 Å². The zero-order chi connectivity index (χ0) is 24.1. The summed E-state index contributed by atoms with van der Waals surface area (Å²) in [6, 6.07) is 24.7. The number of hydrogen-bond donors (Lipinski definition) is 0. The van der Waals surface area contributed by atoms with E-state index in [1.807, 2.05) is 73.8 Å². The second kappa shape index (κ2) is 10.4. The molecule has 1 saturated heterocycles. The highest BCUT2D eigenvalue weighted by Gasteiger charge is 2.43. The smallest absolute Gasteiger partial charge is 0.253 e. The Bertz CT molecular complexity index is 1130. The Balaban J connectivity index is 1.66. The summed E-state index contributed by atoms with van der Waals surface area (Å²) in [5.41, 5.74) is 2.55. The molecule has 1 heterocycles. The highest BCUT2D eigenvalue weighted by Crippen LogP contribution is 2.40. The molecule has 2 amide bonds. The van der Waals surface area contributed by atoms with E-state index in [1.54, 1.807) is 36.2 Å². The van der Waals surface area contributed by atoms with Crippen LogP contribution in [0.3, 0.4) is 0 Å². The van der Waals surface area contributed by atoms with Gasteiger partial charge in [-0.15, -0.1) is 0 Å². The minimum Gasteiger partial charge on any atom is -0.497 e. The number of benzene rings is 3. The number of carbonyl (C=O) groups excluding carboxylic acids is 2. The third-order valence-electron chi connectivity index (χ3n) is 6.42. The Morgan fingerprint density at radius 2 is 1.59 bits per heavy atom. The lowest BCUT2D eigenvalue weighted by atomic mass is 9.87. The number of nitrogens with zero attached hydrogens (tertiary/aromatic N) is 2. The minimum atomic E-state index is -0.401. The molecule has 0 aromatic heterocycles. The number of likely N-dealkylation sites (tertiary alicyclic amines) is 1. The number of amides is 2. The van der Waals surface area contributed by atoms with Gasteiger partial charge < -0.3 is 19.3 Å². The Labute approximate surface area is 200 Å². The molecule has 0 bridgehead atoms. The van der Waals surface area contributed by atoms with Gasteiger partial charge in [0, 0.05) is 43.7 Å². The van der Waals surface area contributed by atoms with E-state index in [-0.39, 0.29) is 17.7 Å². The molecule has 1 aliphatic rings. The van der Waals surface area contributed by atoms with Gasteiger partial charge in [-0.25, -0.2) is 0 Å². The number of carbonyl (C=O) groups is 2. The second-order valence-corrected chi connectivity index (χ2v) is 8.58. The molecule has 0 radical (unpaired) electrons. The first kappa shape index (κ1) is 23.4. The van der Waals surface area contributed by atoms with Crippen LogP contribution in [0.1, 0.15) is 27.4 Å². The van der Waals surface area contributed by atoms with Gasteiger partial charge in [-0.1, -0.05) is 48.5 Å². The van der Waals surface area contributed by atoms with Crippen molar-refractivity contribution in [3.8, 4) is 11.5 Å². The lowest BCUT2D eigenvalue weighted by Gasteiger charge is -2.25. The average molecular weight is 459 g/mol. The maximum Gasteiger partial charge on any atom is 0.253 e. The van der Waals surface area contributed by atoms with Crippen LogP contribution >= 0.6 is 0 Å². The maximum absolute atomic E-state index is 13.7. The van der Waals surface area contributed by atoms with Gasteiger partial charge in [-0.3, -0.25) is 9.59 Å². The molecular weight excluding hydrogens is 428 g/mol. The summed E-state index contributed by atoms with van der Waals surface area (Å²) in [7, 11) is 5.05. The number of hydrogen-bond acceptors (Lipinski definition) is 4. The fourth-order valence-electron chi connectivity index (χ4n) is 4.65. The van der Waals surface area contributed by atoms with Gasteiger partial charge in [-0.05, 0) is 35.9 Å². The first-order valence-corrected chi connectivity index (χ1v) is 11.4. The number of ether oxygens (including phenoxy) is 2. The van der Waals surface area contributed by atoms with Gasteiger partial charge in [0.15, 0.2) is 0 Å². The number of methoxy groups -OCH3 is 2. The SMILES string of the molecule is COc1ccc(OC)c([C@@H]2CN(C(=O)c3ccccc3)C[C@@H]2C(=O)N(C)Cc2ccccc2)c1. The molecular formula is C28H30N2O4. The Morgan fingerprint density at radius 3 is 2.24 bits per heavy atom. The van der Waals surface area contributed by atoms with Crippen LogP contribution in [0.5, 0.6) is 11.5 Å². The average Bonchev–Trinajstić information content (AvgIpc) is 3.33. The van der Waals surface area contributed by atoms with Gasteiger partial charge in [0.1, 0.15) is 11.5 Å². The van der Waals surface area contributed by atoms with Gasteiger partial charge in [-0.2, -0.15) is 0 Å². The second-order valence-electron chi connectivity index (χ2n) is 8.58. The van der Waals surface area contributed by atoms with Crippen molar-refractivity contribution in [2.75, 3.05) is 34.4 Å². The van der Waals surface area contributed by atoms with Crippen LogP contribution < -0.4 is 9.47 Å². The molecule has 0 saturated carbocycles. The molecule has 2 atom stereocenters. The molecule has 4 rings (SSSR count). The quantitative estimate of drug-likeness (QED) is 0.532. The fraction of sp³-hybridized carbons (Fsp3) is 0.286. The van der Waals surface area contributed by atoms with Crippen molar-refractivity contribution in [1.29, 1.82) is 0 Å². The van der Waals surface area contributed by atoms with E-state index in [4.69, 9.17) is 9.47 Å². The van der Waals surface area contributed by atoms with Crippen LogP contribution in [0, 0.1) is 5.92 Å². The van der Waals surface area contributed by atoms with Crippen molar-refractivity contribution < 1.29 is 19.1 Å². The van der Waals surface area contributed by atoms with Crippen LogP contribution in [-0.2, 0) is 11.3 Å². The van der Waals surface area contributed by atoms with E-state index < -0.39 is 5.92 Å². The third kappa shape index (κ3) is 4.91. The molecule has 1 fully saturated rings. The van der Waals surface area contributed by atoms with Crippen molar-refractivity contribution >= 4 is 11.8 Å². The first-order valence-electron chi connectivity index (χ1n) is 11.4. The predicted molar refractivity (Wildman–Crippen MR) is 131 cm³/mol. The fourth-order valence-corrected chi connectivity index (χ4v) is 4.65. The monoisotopic (exact) mass is 458 g/mol. The Hall–Kier alpha value is -3.80. The molecule has 3 aromatic carbocycles. The molecule has 176 valence electrons. The standard InChI is InChI=1S/C28H30N2O4/c1-29(17-20-10-6-4-7-11-20)28(32)25-19-30(27(31)21-12-8-5-9-13-21)18-24(25)23-16-22(33-2)14-15-26(23)34-3/h4-16,24-25H,17-19H2,1-3H3/t24-,25-/m0/s1. The Kier molecular flexibility index (Phi) is 7.16. The van der Waals surface area contributed by atoms with Crippen LogP contribution in [0.25, 0.3) is 0 Å². The van der Waals surface area contributed by atoms with Crippen LogP contribution in [0.2, 0.25) is 0 Å². The lowest BCUT2D eigenvalue weighted by molar-refractivity contribution is -0.134. The van der Waals surface area contributed by atoms with Crippen molar-refractivity contribution in [1.82, 2.24) is 9.80 Å². The van der Waals surface area contributed by atoms with Crippen molar-refractivity contribution in [3.05, 3.63) is 95.6 Å². The van der Waals surface area contributed by atoms with Crippen LogP contribution in [-0.4, -0.2) is 56.0 Å². The highest BCUT2D eigenvalue weighted by atomic mass is 16.5. The zero-order valence-electron chi connectivity index (χ0n) is 19.8. The summed E-state index contributed by atoms with van der Waals surface area (Å²) in [4.78, 5) is 30.5. The van der Waals surface area contributed by atoms with E-state index >= 15 is 0 Å². The van der Waals surface area contributed by atoms with Gasteiger partial charge in [0.2, 0.25) is 5.91 Å². The highest BCUT2D eigenvalue weighted by molar-refractivity contribution is 5.95. The zero-order valence-corrected chi connectivity index (χ0v) is 19.8. The lowest BCUT2D eigenvalue weighted by Crippen LogP contribution is -2.36. The summed E-state index contributed by atoms with van der Waals surface area (Å²) >= 11 is 0. The molecule has 6 heteroatoms. The molecule has 0 aliphatic carbocycles. The molecule has 1 aliphatic heterocycles. The molecule has 0 N–H and O–H groups in total. The van der Waals surface area contributed by atoms with Crippen molar-refractivity contribution in [2.45, 2.75) is 12.5 Å². The normalized spacial score (nSPS) is 17.3. The van der Waals surface area contributed by atoms with Crippen molar-refractivity contribution in [3.63, 3.8) is 0 Å². The Morgan fingerprint density at radius 1 is 0.912 bits per heavy atom. The predicted octanol–water partition coefficient (Wildman–Crippen LogP) is 4.22. The molecule has 0 unspecified atom stereocenters. The summed E-state index contributed by atoms with van der Waals surface area (Å²) in [6.45, 7) is 1.27. The third-order valence-corrected chi connectivity index (χ3v) is 6.42. The van der Waals surface area contributed by atoms with Crippen molar-refractivity contribution in [2.24, 2.45) is 5.92 Å². The molecule has 34 heavy (non-hydrogen) atoms. The van der Waals surface area contributed by atoms with Gasteiger partial charge in [0.25, 0.3) is 5.91 Å². The van der Waals surface area contributed by atoms with E-state index in [9.17, 15) is 9.59 Å². The summed E-state index contributed by atoms with van der Waals surface area (Å²) in [5.74, 6) is 0.678. The number of rotatable bonds is 7. The van der Waals surface area contributed by atoms with E-state index in [0.717, 1.165) is 11.1 Å². The molecule has 0 spiro atoms. The van der Waals surface area contributed by atoms with E-state index in [2.05, 4.69) is 0 Å². The largest absolute Gasteiger partial charge is 0.497 e. The maximum atomic E-state index is 13.7. The summed E-state index contributed by atoms with van der Waals surface area (Å²) in [6.07, 6.45) is 0. The summed E-state index contributed by atoms with van der Waals surface area (Å²) < 4.78 is 11.1. The first-order chi connectivity index (χ1) is 16.5. The van der Waals surface area contributed by atoms with Gasteiger partial charge >= 0.3 is 0 Å². The van der Waals surface area contributed by atoms with Crippen LogP contribution in [0.4, 0.5) is 0 Å². The molecule has 3 aromatic rings. The topological polar surface area (TPSA) is 59.1 Å². The molecule has 6 nitrogen and oxygen atoms in total. The minimum absolute atomic E-state index is 0.00193.